The van der Waals surface area contributed by atoms with Crippen molar-refractivity contribution >= 4 is 11.9 Å². The van der Waals surface area contributed by atoms with E-state index in [2.05, 4.69) is 86.8 Å². The number of rotatable bonds is 62. The van der Waals surface area contributed by atoms with Crippen molar-refractivity contribution in [1.29, 1.82) is 0 Å². The van der Waals surface area contributed by atoms with Crippen molar-refractivity contribution in [3.63, 3.8) is 0 Å². The topological polar surface area (TPSA) is 175 Å². The highest BCUT2D eigenvalue weighted by Gasteiger charge is 2.47. The number of hydrogen-bond acceptors (Lipinski definition) is 10. The van der Waals surface area contributed by atoms with Crippen LogP contribution in [-0.2, 0) is 23.8 Å². The quantitative estimate of drug-likeness (QED) is 0.0195. The third kappa shape index (κ3) is 49.0. The second kappa shape index (κ2) is 62.3. The van der Waals surface area contributed by atoms with Gasteiger partial charge in [0.25, 0.3) is 0 Å². The lowest BCUT2D eigenvalue weighted by Gasteiger charge is -2.41. The Balaban J connectivity index is 2.57. The van der Waals surface area contributed by atoms with E-state index in [1.54, 1.807) is 6.08 Å². The van der Waals surface area contributed by atoms with E-state index in [1.807, 2.05) is 6.08 Å². The Morgan fingerprint density at radius 1 is 0.453 bits per heavy atom. The Bertz CT molecular complexity index is 1680. The molecule has 11 heteroatoms. The standard InChI is InChI=1S/C75H135NO10/c1-4-7-10-13-16-19-22-25-27-29-31-33-34-35-37-38-40-42-44-47-50-53-56-59-62-68(79)74(83)76-66(67(78)61-58-55-52-49-46-24-21-18-15-12-9-6-3)65-84-75-73(72(82)71(81)69(64-77)85-75)86-70(80)63-60-57-54-51-48-45-43-41-39-36-32-30-28-26-23-20-17-14-11-8-5-2/h16-17,19-20,25-28,32,36,58,61,66-69,71-73,75,77-79,81-82H,4-15,18,21-24,29-31,33-35,37-57,59-60,62-65H2,1-3H3,(H,76,83)/b19-16-,20-17-,27-25-,28-26-,36-32-,61-58+. The van der Waals surface area contributed by atoms with Gasteiger partial charge in [-0.25, -0.2) is 0 Å². The zero-order chi connectivity index (χ0) is 62.4. The number of ether oxygens (including phenoxy) is 3. The van der Waals surface area contributed by atoms with E-state index in [9.17, 15) is 35.1 Å². The molecule has 0 aromatic carbocycles. The number of unbranched alkanes of at least 4 members (excludes halogenated alkanes) is 38. The molecule has 0 saturated carbocycles. The van der Waals surface area contributed by atoms with Crippen LogP contribution in [0.4, 0.5) is 0 Å². The summed E-state index contributed by atoms with van der Waals surface area (Å²) in [4.78, 5) is 26.7. The van der Waals surface area contributed by atoms with Gasteiger partial charge in [-0.2, -0.15) is 0 Å². The molecule has 8 unspecified atom stereocenters. The summed E-state index contributed by atoms with van der Waals surface area (Å²) in [7, 11) is 0. The number of esters is 1. The maximum absolute atomic E-state index is 13.5. The minimum Gasteiger partial charge on any atom is -0.454 e. The van der Waals surface area contributed by atoms with Gasteiger partial charge < -0.3 is 45.1 Å². The third-order valence-electron chi connectivity index (χ3n) is 16.8. The molecule has 6 N–H and O–H groups in total. The number of aliphatic hydroxyl groups is 5. The fourth-order valence-corrected chi connectivity index (χ4v) is 11.1. The van der Waals surface area contributed by atoms with Crippen molar-refractivity contribution in [2.75, 3.05) is 13.2 Å². The molecule has 1 heterocycles. The van der Waals surface area contributed by atoms with Gasteiger partial charge in [0.15, 0.2) is 12.4 Å². The second-order valence-electron chi connectivity index (χ2n) is 25.0. The smallest absolute Gasteiger partial charge is 0.306 e. The molecule has 0 aliphatic carbocycles. The molecule has 1 amide bonds. The highest BCUT2D eigenvalue weighted by atomic mass is 16.7. The van der Waals surface area contributed by atoms with Crippen LogP contribution in [0.2, 0.25) is 0 Å². The zero-order valence-electron chi connectivity index (χ0n) is 55.7. The summed E-state index contributed by atoms with van der Waals surface area (Å²) < 4.78 is 17.7. The average molecular weight is 1210 g/mol. The Labute approximate surface area is 528 Å². The molecule has 0 spiro atoms. The predicted octanol–water partition coefficient (Wildman–Crippen LogP) is 18.7. The van der Waals surface area contributed by atoms with Gasteiger partial charge in [-0.05, 0) is 96.3 Å². The maximum atomic E-state index is 13.5. The molecule has 1 aliphatic rings. The van der Waals surface area contributed by atoms with Crippen molar-refractivity contribution in [2.45, 2.75) is 378 Å². The lowest BCUT2D eigenvalue weighted by Crippen LogP contribution is -2.61. The summed E-state index contributed by atoms with van der Waals surface area (Å²) >= 11 is 0. The second-order valence-corrected chi connectivity index (χ2v) is 25.0. The summed E-state index contributed by atoms with van der Waals surface area (Å²) in [6, 6.07) is -1.03. The van der Waals surface area contributed by atoms with Crippen molar-refractivity contribution in [3.8, 4) is 0 Å². The van der Waals surface area contributed by atoms with Crippen molar-refractivity contribution in [2.24, 2.45) is 0 Å². The molecule has 500 valence electrons. The molecule has 0 radical (unpaired) electrons. The van der Waals surface area contributed by atoms with Crippen LogP contribution < -0.4 is 5.32 Å². The lowest BCUT2D eigenvalue weighted by atomic mass is 9.99. The summed E-state index contributed by atoms with van der Waals surface area (Å²) in [6.07, 6.45) is 70.8. The average Bonchev–Trinajstić information content (AvgIpc) is 3.38. The van der Waals surface area contributed by atoms with Crippen molar-refractivity contribution in [3.05, 3.63) is 72.9 Å². The molecule has 1 aliphatic heterocycles. The van der Waals surface area contributed by atoms with E-state index in [1.165, 1.54) is 193 Å². The van der Waals surface area contributed by atoms with Gasteiger partial charge in [0.05, 0.1) is 25.4 Å². The molecular formula is C75H135NO10. The first-order valence-electron chi connectivity index (χ1n) is 36.2. The molecule has 1 rings (SSSR count). The van der Waals surface area contributed by atoms with E-state index in [-0.39, 0.29) is 13.0 Å². The minimum absolute atomic E-state index is 0.114. The first-order chi connectivity index (χ1) is 42.2. The van der Waals surface area contributed by atoms with Gasteiger partial charge in [-0.1, -0.05) is 299 Å². The largest absolute Gasteiger partial charge is 0.454 e. The van der Waals surface area contributed by atoms with Crippen LogP contribution in [0.25, 0.3) is 0 Å². The fourth-order valence-electron chi connectivity index (χ4n) is 11.1. The maximum Gasteiger partial charge on any atom is 0.306 e. The highest BCUT2D eigenvalue weighted by Crippen LogP contribution is 2.26. The monoisotopic (exact) mass is 1210 g/mol. The van der Waals surface area contributed by atoms with Crippen LogP contribution in [0, 0.1) is 0 Å². The normalized spacial score (nSPS) is 18.7. The summed E-state index contributed by atoms with van der Waals surface area (Å²) in [5, 5.41) is 57.3. The van der Waals surface area contributed by atoms with Gasteiger partial charge >= 0.3 is 5.97 Å². The minimum atomic E-state index is -1.62. The van der Waals surface area contributed by atoms with Crippen molar-refractivity contribution < 1.29 is 49.3 Å². The van der Waals surface area contributed by atoms with Gasteiger partial charge in [-0.3, -0.25) is 9.59 Å². The van der Waals surface area contributed by atoms with Gasteiger partial charge in [0, 0.05) is 6.42 Å². The van der Waals surface area contributed by atoms with E-state index >= 15 is 0 Å². The van der Waals surface area contributed by atoms with Crippen molar-refractivity contribution in [1.82, 2.24) is 5.32 Å². The van der Waals surface area contributed by atoms with Crippen LogP contribution in [0.3, 0.4) is 0 Å². The van der Waals surface area contributed by atoms with Crippen LogP contribution in [0.1, 0.15) is 329 Å². The Hall–Kier alpha value is -2.90. The van der Waals surface area contributed by atoms with E-state index in [0.717, 1.165) is 89.9 Å². The number of carbonyl (C=O) groups excluding carboxylic acids is 2. The Morgan fingerprint density at radius 2 is 0.802 bits per heavy atom. The van der Waals surface area contributed by atoms with Gasteiger partial charge in [0.1, 0.15) is 24.4 Å². The third-order valence-corrected chi connectivity index (χ3v) is 16.8. The molecule has 1 saturated heterocycles. The summed E-state index contributed by atoms with van der Waals surface area (Å²) in [6.45, 7) is 5.77. The Morgan fingerprint density at radius 3 is 1.22 bits per heavy atom. The van der Waals surface area contributed by atoms with Crippen LogP contribution in [-0.4, -0.2) is 99.6 Å². The predicted molar refractivity (Wildman–Crippen MR) is 361 cm³/mol. The summed E-state index contributed by atoms with van der Waals surface area (Å²) in [5.41, 5.74) is 0. The molecular weight excluding hydrogens is 1070 g/mol. The summed E-state index contributed by atoms with van der Waals surface area (Å²) in [5.74, 6) is -1.19. The number of hydrogen-bond donors (Lipinski definition) is 6. The van der Waals surface area contributed by atoms with E-state index in [0.29, 0.717) is 19.3 Å². The number of amides is 1. The van der Waals surface area contributed by atoms with Gasteiger partial charge in [-0.15, -0.1) is 0 Å². The zero-order valence-corrected chi connectivity index (χ0v) is 55.7. The first kappa shape index (κ1) is 81.1. The molecule has 0 aromatic heterocycles. The van der Waals surface area contributed by atoms with E-state index < -0.39 is 67.4 Å². The van der Waals surface area contributed by atoms with Crippen LogP contribution >= 0.6 is 0 Å². The SMILES string of the molecule is CCCCC/C=C\C/C=C\C/C=C\CCCCCCCCCCC(=O)OC1C(OCC(NC(=O)C(O)CCCCCCCCCCCCCCCC/C=C\C/C=C\CCCCC)C(O)/C=C/CCCCCCCCCCCC)OC(CO)C(O)C1O. The first-order valence-corrected chi connectivity index (χ1v) is 36.2. The molecule has 86 heavy (non-hydrogen) atoms. The fraction of sp³-hybridized carbons (Fsp3) is 0.813. The Kier molecular flexibility index (Phi) is 58.8. The molecule has 0 bridgehead atoms. The highest BCUT2D eigenvalue weighted by molar-refractivity contribution is 5.80. The lowest BCUT2D eigenvalue weighted by molar-refractivity contribution is -0.305. The molecule has 11 nitrogen and oxygen atoms in total. The van der Waals surface area contributed by atoms with Gasteiger partial charge in [0.2, 0.25) is 5.91 Å². The number of allylic oxidation sites excluding steroid dienone is 11. The van der Waals surface area contributed by atoms with E-state index in [4.69, 9.17) is 14.2 Å². The molecule has 0 aromatic rings. The molecule has 8 atom stereocenters. The van der Waals surface area contributed by atoms with Crippen LogP contribution in [0.15, 0.2) is 72.9 Å². The number of aliphatic hydroxyl groups excluding tert-OH is 5. The molecule has 1 fully saturated rings. The number of nitrogens with one attached hydrogen (secondary N) is 1. The number of carbonyl (C=O) groups is 2. The van der Waals surface area contributed by atoms with Crippen LogP contribution in [0.5, 0.6) is 0 Å².